The zero-order chi connectivity index (χ0) is 22.5. The average molecular weight is 434 g/mol. The summed E-state index contributed by atoms with van der Waals surface area (Å²) >= 11 is 0. The zero-order valence-electron chi connectivity index (χ0n) is 17.2. The number of nitriles is 1. The van der Waals surface area contributed by atoms with Crippen LogP contribution in [0.5, 0.6) is 5.75 Å². The van der Waals surface area contributed by atoms with E-state index in [0.717, 1.165) is 17.9 Å². The van der Waals surface area contributed by atoms with Gasteiger partial charge in [-0.25, -0.2) is 12.8 Å². The maximum atomic E-state index is 14.2. The molecule has 2 aromatic carbocycles. The lowest BCUT2D eigenvalue weighted by Gasteiger charge is -2.21. The van der Waals surface area contributed by atoms with Crippen molar-refractivity contribution in [2.75, 3.05) is 11.0 Å². The van der Waals surface area contributed by atoms with E-state index in [-0.39, 0.29) is 17.5 Å². The number of benzene rings is 2. The van der Waals surface area contributed by atoms with E-state index in [0.29, 0.717) is 11.3 Å². The van der Waals surface area contributed by atoms with Crippen molar-refractivity contribution >= 4 is 21.6 Å². The Kier molecular flexibility index (Phi) is 7.05. The van der Waals surface area contributed by atoms with Gasteiger partial charge in [-0.05, 0) is 40.8 Å². The van der Waals surface area contributed by atoms with E-state index in [2.05, 4.69) is 25.5 Å². The number of sulfonamides is 1. The maximum absolute atomic E-state index is 14.2. The van der Waals surface area contributed by atoms with Crippen molar-refractivity contribution in [3.05, 3.63) is 59.4 Å². The van der Waals surface area contributed by atoms with E-state index in [1.54, 1.807) is 18.3 Å². The predicted octanol–water partition coefficient (Wildman–Crippen LogP) is 3.08. The Bertz CT molecular complexity index is 1060. The summed E-state index contributed by atoms with van der Waals surface area (Å²) in [6, 6.07) is 11.1. The summed E-state index contributed by atoms with van der Waals surface area (Å²) in [5, 5.41) is 10.8. The molecule has 2 aromatic rings. The normalized spacial score (nSPS) is 12.5. The number of hydrogen-bond donors (Lipinski definition) is 2. The monoisotopic (exact) mass is 433 g/mol. The minimum Gasteiger partial charge on any atom is -0.480 e. The Balaban J connectivity index is 2.23. The highest BCUT2D eigenvalue weighted by Gasteiger charge is 2.22. The van der Waals surface area contributed by atoms with E-state index in [9.17, 15) is 17.6 Å². The van der Waals surface area contributed by atoms with Crippen molar-refractivity contribution in [3.63, 3.8) is 0 Å². The van der Waals surface area contributed by atoms with Crippen molar-refractivity contribution in [2.24, 2.45) is 0 Å². The van der Waals surface area contributed by atoms with Crippen LogP contribution in [0.15, 0.2) is 42.5 Å². The highest BCUT2D eigenvalue weighted by Crippen LogP contribution is 2.25. The van der Waals surface area contributed by atoms with Crippen LogP contribution in [-0.4, -0.2) is 26.7 Å². The molecule has 0 saturated heterocycles. The topological polar surface area (TPSA) is 108 Å². The van der Waals surface area contributed by atoms with Gasteiger partial charge >= 0.3 is 0 Å². The minimum atomic E-state index is -3.63. The molecule has 0 radical (unpaired) electrons. The highest BCUT2D eigenvalue weighted by atomic mass is 32.2. The summed E-state index contributed by atoms with van der Waals surface area (Å²) in [5.41, 5.74) is 1.24. The van der Waals surface area contributed by atoms with Gasteiger partial charge in [-0.2, -0.15) is 5.26 Å². The minimum absolute atomic E-state index is 0.0232. The molecule has 0 bridgehead atoms. The standard InChI is InChI=1S/C21H24FN3O4S/c1-21(2,3)15-6-8-16(9-7-15)29-19(20(26)24-13-23)12-14-5-10-18(17(22)11-14)25-30(4,27)28/h5-11,19,25H,12H2,1-4H3,(H,24,26). The van der Waals surface area contributed by atoms with Crippen LogP contribution in [0.25, 0.3) is 0 Å². The quantitative estimate of drug-likeness (QED) is 0.515. The first-order valence-electron chi connectivity index (χ1n) is 9.11. The molecule has 0 aliphatic heterocycles. The van der Waals surface area contributed by atoms with Crippen molar-refractivity contribution in [1.29, 1.82) is 5.26 Å². The molecule has 1 atom stereocenters. The smallest absolute Gasteiger partial charge is 0.274 e. The number of nitrogens with one attached hydrogen (secondary N) is 2. The molecule has 1 amide bonds. The molecule has 0 heterocycles. The Hall–Kier alpha value is -3.12. The number of nitrogens with zero attached hydrogens (tertiary/aromatic N) is 1. The largest absolute Gasteiger partial charge is 0.480 e. The molecule has 2 rings (SSSR count). The summed E-state index contributed by atoms with van der Waals surface area (Å²) < 4.78 is 44.6. The summed E-state index contributed by atoms with van der Waals surface area (Å²) in [6.45, 7) is 6.22. The van der Waals surface area contributed by atoms with Gasteiger partial charge < -0.3 is 4.74 Å². The Morgan fingerprint density at radius 3 is 2.33 bits per heavy atom. The Morgan fingerprint density at radius 2 is 1.83 bits per heavy atom. The maximum Gasteiger partial charge on any atom is 0.274 e. The van der Waals surface area contributed by atoms with Crippen molar-refractivity contribution in [2.45, 2.75) is 38.7 Å². The SMILES string of the molecule is CC(C)(C)c1ccc(OC(Cc2ccc(NS(C)(=O)=O)c(F)c2)C(=O)NC#N)cc1. The highest BCUT2D eigenvalue weighted by molar-refractivity contribution is 7.92. The van der Waals surface area contributed by atoms with Crippen LogP contribution < -0.4 is 14.8 Å². The molecule has 2 N–H and O–H groups in total. The lowest BCUT2D eigenvalue weighted by atomic mass is 9.87. The van der Waals surface area contributed by atoms with Gasteiger partial charge in [0.25, 0.3) is 5.91 Å². The second kappa shape index (κ2) is 9.13. The van der Waals surface area contributed by atoms with E-state index in [1.165, 1.54) is 12.1 Å². The third-order valence-electron chi connectivity index (χ3n) is 4.22. The number of amides is 1. The number of hydrogen-bond acceptors (Lipinski definition) is 5. The van der Waals surface area contributed by atoms with Crippen molar-refractivity contribution in [3.8, 4) is 11.9 Å². The lowest BCUT2D eigenvalue weighted by Crippen LogP contribution is -2.37. The number of ether oxygens (including phenoxy) is 1. The van der Waals surface area contributed by atoms with E-state index in [4.69, 9.17) is 10.00 Å². The molecule has 7 nitrogen and oxygen atoms in total. The van der Waals surface area contributed by atoms with Gasteiger partial charge in [-0.3, -0.25) is 14.8 Å². The number of carbonyl (C=O) groups excluding carboxylic acids is 1. The molecule has 0 aliphatic carbocycles. The third-order valence-corrected chi connectivity index (χ3v) is 4.81. The molecule has 0 aromatic heterocycles. The van der Waals surface area contributed by atoms with E-state index >= 15 is 0 Å². The second-order valence-corrected chi connectivity index (χ2v) is 9.62. The van der Waals surface area contributed by atoms with E-state index in [1.807, 2.05) is 17.4 Å². The molecule has 0 spiro atoms. The van der Waals surface area contributed by atoms with Crippen molar-refractivity contribution < 1.29 is 22.3 Å². The van der Waals surface area contributed by atoms with Gasteiger partial charge in [-0.1, -0.05) is 39.0 Å². The second-order valence-electron chi connectivity index (χ2n) is 7.87. The van der Waals surface area contributed by atoms with Crippen molar-refractivity contribution in [1.82, 2.24) is 5.32 Å². The van der Waals surface area contributed by atoms with Gasteiger partial charge in [0.1, 0.15) is 11.6 Å². The van der Waals surface area contributed by atoms with Gasteiger partial charge in [0.2, 0.25) is 10.0 Å². The molecular weight excluding hydrogens is 409 g/mol. The average Bonchev–Trinajstić information content (AvgIpc) is 2.62. The number of halogens is 1. The fourth-order valence-corrected chi connectivity index (χ4v) is 3.27. The molecule has 0 aliphatic rings. The summed E-state index contributed by atoms with van der Waals surface area (Å²) in [6.07, 6.45) is 1.37. The zero-order valence-corrected chi connectivity index (χ0v) is 18.0. The van der Waals surface area contributed by atoms with Crippen LogP contribution in [0.4, 0.5) is 10.1 Å². The summed E-state index contributed by atoms with van der Waals surface area (Å²) in [4.78, 5) is 12.3. The number of carbonyl (C=O) groups is 1. The first-order chi connectivity index (χ1) is 13.9. The van der Waals surface area contributed by atoms with Gasteiger partial charge in [-0.15, -0.1) is 0 Å². The summed E-state index contributed by atoms with van der Waals surface area (Å²) in [5.74, 6) is -1.03. The molecular formula is C21H24FN3O4S. The lowest BCUT2D eigenvalue weighted by molar-refractivity contribution is -0.126. The molecule has 0 fully saturated rings. The van der Waals surface area contributed by atoms with Crippen LogP contribution in [0.3, 0.4) is 0 Å². The third kappa shape index (κ3) is 6.74. The summed E-state index contributed by atoms with van der Waals surface area (Å²) in [7, 11) is -3.63. The molecule has 0 saturated carbocycles. The van der Waals surface area contributed by atoms with Gasteiger partial charge in [0.05, 0.1) is 11.9 Å². The molecule has 9 heteroatoms. The first kappa shape index (κ1) is 23.2. The van der Waals surface area contributed by atoms with Crippen LogP contribution in [0.2, 0.25) is 0 Å². The van der Waals surface area contributed by atoms with E-state index < -0.39 is 27.9 Å². The number of anilines is 1. The molecule has 30 heavy (non-hydrogen) atoms. The van der Waals surface area contributed by atoms with Crippen LogP contribution in [0, 0.1) is 17.3 Å². The van der Waals surface area contributed by atoms with Crippen LogP contribution in [0.1, 0.15) is 31.9 Å². The fourth-order valence-electron chi connectivity index (χ4n) is 2.70. The molecule has 160 valence electrons. The van der Waals surface area contributed by atoms with Gasteiger partial charge in [0, 0.05) is 6.42 Å². The Morgan fingerprint density at radius 1 is 1.20 bits per heavy atom. The Labute approximate surface area is 175 Å². The first-order valence-corrected chi connectivity index (χ1v) is 11.0. The molecule has 1 unspecified atom stereocenters. The predicted molar refractivity (Wildman–Crippen MR) is 112 cm³/mol. The van der Waals surface area contributed by atoms with Crippen LogP contribution in [-0.2, 0) is 26.7 Å². The van der Waals surface area contributed by atoms with Crippen LogP contribution >= 0.6 is 0 Å². The fraction of sp³-hybridized carbons (Fsp3) is 0.333. The van der Waals surface area contributed by atoms with Gasteiger partial charge in [0.15, 0.2) is 12.3 Å². The number of rotatable bonds is 7.